The first-order valence-electron chi connectivity index (χ1n) is 12.5. The van der Waals surface area contributed by atoms with E-state index < -0.39 is 23.6 Å². The Morgan fingerprint density at radius 2 is 1.32 bits per heavy atom. The van der Waals surface area contributed by atoms with Gasteiger partial charge in [0.15, 0.2) is 5.79 Å². The third-order valence-corrected chi connectivity index (χ3v) is 7.09. The summed E-state index contributed by atoms with van der Waals surface area (Å²) < 4.78 is 31.2. The number of nitrogen functional groups attached to an aromatic ring is 1. The van der Waals surface area contributed by atoms with Crippen LogP contribution in [-0.2, 0) is 24.5 Å². The summed E-state index contributed by atoms with van der Waals surface area (Å²) in [6.07, 6.45) is -0.0380. The van der Waals surface area contributed by atoms with Gasteiger partial charge in [-0.15, -0.1) is 0 Å². The van der Waals surface area contributed by atoms with E-state index in [2.05, 4.69) is 41.6 Å². The zero-order valence-electron chi connectivity index (χ0n) is 20.8. The predicted octanol–water partition coefficient (Wildman–Crippen LogP) is 5.23. The molecule has 190 valence electrons. The van der Waals surface area contributed by atoms with Crippen LogP contribution in [0.5, 0.6) is 0 Å². The molecular weight excluding hydrogens is 468 g/mol. The summed E-state index contributed by atoms with van der Waals surface area (Å²) >= 11 is 0. The molecule has 2 aliphatic rings. The highest BCUT2D eigenvalue weighted by Crippen LogP contribution is 2.48. The van der Waals surface area contributed by atoms with E-state index in [1.165, 1.54) is 0 Å². The smallest absolute Gasteiger partial charge is 0.228 e. The Balaban J connectivity index is 1.40. The van der Waals surface area contributed by atoms with Crippen molar-refractivity contribution in [3.8, 4) is 0 Å². The lowest BCUT2D eigenvalue weighted by Gasteiger charge is -2.37. The zero-order chi connectivity index (χ0) is 25.5. The molecule has 7 heteroatoms. The molecule has 7 nitrogen and oxygen atoms in total. The van der Waals surface area contributed by atoms with Gasteiger partial charge in [0.25, 0.3) is 0 Å². The molecule has 0 saturated carbocycles. The summed E-state index contributed by atoms with van der Waals surface area (Å²) in [4.78, 5) is 0. The highest BCUT2D eigenvalue weighted by molar-refractivity contribution is 5.47. The molecule has 3 aromatic carbocycles. The van der Waals surface area contributed by atoms with E-state index >= 15 is 0 Å². The largest absolute Gasteiger partial charge is 0.367 e. The van der Waals surface area contributed by atoms with Crippen LogP contribution in [0.1, 0.15) is 42.2 Å². The van der Waals surface area contributed by atoms with Gasteiger partial charge in [-0.1, -0.05) is 96.2 Å². The van der Waals surface area contributed by atoms with E-state index in [1.54, 1.807) is 6.20 Å². The number of nitrogens with zero attached hydrogens (tertiary/aromatic N) is 1. The minimum atomic E-state index is -0.869. The molecule has 2 aliphatic heterocycles. The number of aromatic nitrogens is 1. The number of nitrogens with two attached hydrogens (primary N) is 1. The highest BCUT2D eigenvalue weighted by Gasteiger charge is 2.57. The Labute approximate surface area is 216 Å². The summed E-state index contributed by atoms with van der Waals surface area (Å²) in [5, 5.41) is 3.84. The second-order valence-corrected chi connectivity index (χ2v) is 9.90. The van der Waals surface area contributed by atoms with Crippen LogP contribution in [-0.4, -0.2) is 35.9 Å². The third kappa shape index (κ3) is 4.24. The number of ether oxygens (including phenoxy) is 4. The van der Waals surface area contributed by atoms with Crippen LogP contribution in [0.2, 0.25) is 0 Å². The normalized spacial score (nSPS) is 24.7. The van der Waals surface area contributed by atoms with Crippen molar-refractivity contribution in [3.63, 3.8) is 0 Å². The number of fused-ring (bicyclic) bond motifs is 1. The molecule has 0 unspecified atom stereocenters. The number of hydrogen-bond acceptors (Lipinski definition) is 7. The van der Waals surface area contributed by atoms with Crippen molar-refractivity contribution in [2.75, 3.05) is 12.3 Å². The predicted molar refractivity (Wildman–Crippen MR) is 138 cm³/mol. The van der Waals surface area contributed by atoms with Gasteiger partial charge in [-0.25, -0.2) is 0 Å². The maximum atomic E-state index is 7.01. The molecule has 0 amide bonds. The maximum Gasteiger partial charge on any atom is 0.228 e. The number of rotatable bonds is 7. The van der Waals surface area contributed by atoms with Crippen molar-refractivity contribution in [2.45, 2.75) is 49.7 Å². The van der Waals surface area contributed by atoms with Gasteiger partial charge in [0.1, 0.15) is 30.0 Å². The van der Waals surface area contributed by atoms with Gasteiger partial charge in [0.2, 0.25) is 5.88 Å². The molecule has 6 rings (SSSR count). The first kappa shape index (κ1) is 23.9. The molecule has 4 atom stereocenters. The van der Waals surface area contributed by atoms with Crippen molar-refractivity contribution < 1.29 is 23.5 Å². The maximum absolute atomic E-state index is 7.01. The summed E-state index contributed by atoms with van der Waals surface area (Å²) in [7, 11) is 0. The van der Waals surface area contributed by atoms with Crippen molar-refractivity contribution >= 4 is 5.88 Å². The van der Waals surface area contributed by atoms with Crippen LogP contribution in [0.3, 0.4) is 0 Å². The molecule has 0 bridgehead atoms. The summed E-state index contributed by atoms with van der Waals surface area (Å²) in [5.74, 6) is -0.553. The van der Waals surface area contributed by atoms with Gasteiger partial charge >= 0.3 is 0 Å². The summed E-state index contributed by atoms with van der Waals surface area (Å²) in [6, 6.07) is 30.8. The van der Waals surface area contributed by atoms with E-state index in [9.17, 15) is 0 Å². The van der Waals surface area contributed by atoms with Crippen LogP contribution < -0.4 is 5.73 Å². The van der Waals surface area contributed by atoms with Gasteiger partial charge in [-0.3, -0.25) is 0 Å². The van der Waals surface area contributed by atoms with E-state index in [0.717, 1.165) is 16.7 Å². The van der Waals surface area contributed by atoms with E-state index in [-0.39, 0.29) is 24.7 Å². The number of benzene rings is 3. The zero-order valence-corrected chi connectivity index (χ0v) is 20.8. The fourth-order valence-corrected chi connectivity index (χ4v) is 5.51. The Morgan fingerprint density at radius 3 is 1.81 bits per heavy atom. The monoisotopic (exact) mass is 498 g/mol. The lowest BCUT2D eigenvalue weighted by atomic mass is 9.80. The third-order valence-electron chi connectivity index (χ3n) is 7.09. The van der Waals surface area contributed by atoms with Gasteiger partial charge in [0, 0.05) is 0 Å². The van der Waals surface area contributed by atoms with E-state index in [0.29, 0.717) is 5.56 Å². The van der Waals surface area contributed by atoms with Crippen LogP contribution in [0, 0.1) is 0 Å². The minimum Gasteiger partial charge on any atom is -0.367 e. The van der Waals surface area contributed by atoms with Gasteiger partial charge in [-0.05, 0) is 30.5 Å². The minimum absolute atomic E-state index is 0.214. The van der Waals surface area contributed by atoms with Crippen molar-refractivity contribution in [3.05, 3.63) is 119 Å². The average Bonchev–Trinajstić information content (AvgIpc) is 3.58. The molecule has 0 aliphatic carbocycles. The van der Waals surface area contributed by atoms with Crippen molar-refractivity contribution in [2.24, 2.45) is 0 Å². The molecule has 2 saturated heterocycles. The second kappa shape index (κ2) is 9.43. The van der Waals surface area contributed by atoms with E-state index in [1.807, 2.05) is 68.4 Å². The Kier molecular flexibility index (Phi) is 6.09. The van der Waals surface area contributed by atoms with Crippen molar-refractivity contribution in [1.82, 2.24) is 5.16 Å². The lowest BCUT2D eigenvalue weighted by molar-refractivity contribution is -0.196. The van der Waals surface area contributed by atoms with Gasteiger partial charge in [0.05, 0.1) is 18.4 Å². The first-order valence-corrected chi connectivity index (χ1v) is 12.5. The summed E-state index contributed by atoms with van der Waals surface area (Å²) in [5.41, 5.74) is 8.89. The standard InChI is InChI=1S/C30H30N2O5/c1-29(2)35-26-24(34-25(27(26)36-29)23-18-32-37-28(23)31)19-33-30(20-12-6-3-7-13-20,21-14-8-4-9-15-21)22-16-10-5-11-17-22/h3-18,24-27H,19,31H2,1-2H3/t24-,25+,26-,27+/m1/s1. The first-order chi connectivity index (χ1) is 18.0. The van der Waals surface area contributed by atoms with E-state index in [4.69, 9.17) is 29.2 Å². The van der Waals surface area contributed by atoms with Crippen LogP contribution in [0.25, 0.3) is 0 Å². The molecule has 3 heterocycles. The molecular formula is C30H30N2O5. The molecule has 0 spiro atoms. The molecule has 2 N–H and O–H groups in total. The van der Waals surface area contributed by atoms with Crippen molar-refractivity contribution in [1.29, 1.82) is 0 Å². The topological polar surface area (TPSA) is 89.0 Å². The highest BCUT2D eigenvalue weighted by atomic mass is 16.8. The van der Waals surface area contributed by atoms with Gasteiger partial charge in [-0.2, -0.15) is 0 Å². The number of anilines is 1. The van der Waals surface area contributed by atoms with Gasteiger partial charge < -0.3 is 29.2 Å². The lowest BCUT2D eigenvalue weighted by Crippen LogP contribution is -2.39. The SMILES string of the molecule is CC1(C)O[C@@H]2[C@H](O1)[C@@H](COC(c1ccccc1)(c1ccccc1)c1ccccc1)O[C@H]2c1cnoc1N. The van der Waals surface area contributed by atoms with Crippen LogP contribution >= 0.6 is 0 Å². The second-order valence-electron chi connectivity index (χ2n) is 9.90. The number of hydrogen-bond donors (Lipinski definition) is 1. The van der Waals surface area contributed by atoms with Crippen LogP contribution in [0.4, 0.5) is 5.88 Å². The fraction of sp³-hybridized carbons (Fsp3) is 0.300. The Morgan fingerprint density at radius 1 is 0.811 bits per heavy atom. The average molecular weight is 499 g/mol. The molecule has 4 aromatic rings. The molecule has 37 heavy (non-hydrogen) atoms. The summed E-state index contributed by atoms with van der Waals surface area (Å²) in [6.45, 7) is 4.06. The molecule has 1 aromatic heterocycles. The Hall–Kier alpha value is -3.49. The van der Waals surface area contributed by atoms with Crippen LogP contribution in [0.15, 0.2) is 102 Å². The quantitative estimate of drug-likeness (QED) is 0.349. The Bertz CT molecular complexity index is 1230. The fourth-order valence-electron chi connectivity index (χ4n) is 5.51. The molecule has 2 fully saturated rings. The molecule has 0 radical (unpaired) electrons.